The molecule has 2 aromatic heterocycles. The molecule has 0 fully saturated rings. The number of anilines is 1. The Hall–Kier alpha value is -3.45. The number of amides is 1. The number of aromatic nitrogens is 4. The first-order chi connectivity index (χ1) is 15.6. The summed E-state index contributed by atoms with van der Waals surface area (Å²) in [6.07, 6.45) is 7.30. The Bertz CT molecular complexity index is 1370. The van der Waals surface area contributed by atoms with E-state index in [1.54, 1.807) is 35.2 Å². The van der Waals surface area contributed by atoms with Gasteiger partial charge in [0.2, 0.25) is 5.95 Å². The van der Waals surface area contributed by atoms with Gasteiger partial charge in [0.15, 0.2) is 0 Å². The van der Waals surface area contributed by atoms with Crippen LogP contribution in [0.4, 0.5) is 5.95 Å². The summed E-state index contributed by atoms with van der Waals surface area (Å²) in [5, 5.41) is 4.05. The summed E-state index contributed by atoms with van der Waals surface area (Å²) < 4.78 is 3.60. The number of hydrogen-bond donors (Lipinski definition) is 1. The molecule has 5 rings (SSSR count). The fraction of sp³-hybridized carbons (Fsp3) is 0.250. The SMILES string of the molecule is O=C(Nc1nccn1Cc1ccccc1Cl)c1ccc2c(=O)n3c(nc2c1)CCCCC3. The molecule has 0 bridgehead atoms. The Morgan fingerprint density at radius 2 is 2.00 bits per heavy atom. The first-order valence-corrected chi connectivity index (χ1v) is 11.1. The highest BCUT2D eigenvalue weighted by Crippen LogP contribution is 2.20. The number of nitrogens with one attached hydrogen (secondary N) is 1. The Kier molecular flexibility index (Phi) is 5.49. The molecule has 0 atom stereocenters. The maximum Gasteiger partial charge on any atom is 0.261 e. The van der Waals surface area contributed by atoms with Gasteiger partial charge in [-0.2, -0.15) is 0 Å². The molecule has 0 unspecified atom stereocenters. The van der Waals surface area contributed by atoms with Crippen LogP contribution in [0.15, 0.2) is 59.7 Å². The molecule has 3 heterocycles. The maximum atomic E-state index is 13.0. The van der Waals surface area contributed by atoms with Crippen molar-refractivity contribution in [3.05, 3.63) is 87.2 Å². The Labute approximate surface area is 189 Å². The molecule has 1 aliphatic rings. The summed E-state index contributed by atoms with van der Waals surface area (Å²) in [5.41, 5.74) is 1.87. The van der Waals surface area contributed by atoms with Crippen LogP contribution in [-0.2, 0) is 19.5 Å². The summed E-state index contributed by atoms with van der Waals surface area (Å²) >= 11 is 6.27. The average molecular weight is 448 g/mol. The zero-order valence-corrected chi connectivity index (χ0v) is 18.2. The minimum absolute atomic E-state index is 0.0332. The number of halogens is 1. The quantitative estimate of drug-likeness (QED) is 0.506. The van der Waals surface area contributed by atoms with Crippen LogP contribution in [0.25, 0.3) is 10.9 Å². The van der Waals surface area contributed by atoms with Crippen molar-refractivity contribution in [2.24, 2.45) is 0 Å². The third kappa shape index (κ3) is 3.91. The lowest BCUT2D eigenvalue weighted by Crippen LogP contribution is -2.25. The smallest absolute Gasteiger partial charge is 0.261 e. The molecule has 1 amide bonds. The number of rotatable bonds is 4. The van der Waals surface area contributed by atoms with Crippen molar-refractivity contribution in [2.45, 2.75) is 38.8 Å². The molecule has 0 spiro atoms. The van der Waals surface area contributed by atoms with E-state index < -0.39 is 0 Å². The molecule has 0 aliphatic carbocycles. The van der Waals surface area contributed by atoms with E-state index in [4.69, 9.17) is 16.6 Å². The Morgan fingerprint density at radius 1 is 1.12 bits per heavy atom. The molecule has 7 nitrogen and oxygen atoms in total. The van der Waals surface area contributed by atoms with Crippen LogP contribution < -0.4 is 10.9 Å². The summed E-state index contributed by atoms with van der Waals surface area (Å²) in [6.45, 7) is 1.19. The summed E-state index contributed by atoms with van der Waals surface area (Å²) in [7, 11) is 0. The minimum atomic E-state index is -0.310. The third-order valence-corrected chi connectivity index (χ3v) is 6.19. The van der Waals surface area contributed by atoms with Gasteiger partial charge in [-0.05, 0) is 42.7 Å². The van der Waals surface area contributed by atoms with Crippen molar-refractivity contribution < 1.29 is 4.79 Å². The van der Waals surface area contributed by atoms with Crippen LogP contribution in [0.2, 0.25) is 5.02 Å². The van der Waals surface area contributed by atoms with E-state index >= 15 is 0 Å². The first-order valence-electron chi connectivity index (χ1n) is 10.7. The van der Waals surface area contributed by atoms with E-state index in [0.29, 0.717) is 40.5 Å². The van der Waals surface area contributed by atoms with Crippen molar-refractivity contribution >= 4 is 34.4 Å². The number of hydrogen-bond acceptors (Lipinski definition) is 4. The van der Waals surface area contributed by atoms with Crippen LogP contribution in [0.3, 0.4) is 0 Å². The van der Waals surface area contributed by atoms with Gasteiger partial charge >= 0.3 is 0 Å². The van der Waals surface area contributed by atoms with Crippen molar-refractivity contribution in [1.82, 2.24) is 19.1 Å². The van der Waals surface area contributed by atoms with Crippen molar-refractivity contribution in [3.63, 3.8) is 0 Å². The second-order valence-electron chi connectivity index (χ2n) is 7.95. The molecule has 1 aliphatic heterocycles. The lowest BCUT2D eigenvalue weighted by Gasteiger charge is -2.12. The van der Waals surface area contributed by atoms with Gasteiger partial charge in [-0.25, -0.2) is 9.97 Å². The van der Waals surface area contributed by atoms with E-state index in [1.807, 2.05) is 28.8 Å². The molecule has 8 heteroatoms. The van der Waals surface area contributed by atoms with E-state index in [1.165, 1.54) is 0 Å². The van der Waals surface area contributed by atoms with Gasteiger partial charge in [0, 0.05) is 35.9 Å². The third-order valence-electron chi connectivity index (χ3n) is 5.82. The van der Waals surface area contributed by atoms with Crippen molar-refractivity contribution in [3.8, 4) is 0 Å². The van der Waals surface area contributed by atoms with Crippen LogP contribution in [0.1, 0.15) is 41.0 Å². The fourth-order valence-electron chi connectivity index (χ4n) is 4.10. The Morgan fingerprint density at radius 3 is 2.88 bits per heavy atom. The number of benzene rings is 2. The van der Waals surface area contributed by atoms with Gasteiger partial charge in [-0.1, -0.05) is 36.2 Å². The normalized spacial score (nSPS) is 13.5. The molecular weight excluding hydrogens is 426 g/mol. The van der Waals surface area contributed by atoms with Gasteiger partial charge in [0.05, 0.1) is 17.4 Å². The van der Waals surface area contributed by atoms with E-state index in [2.05, 4.69) is 10.3 Å². The van der Waals surface area contributed by atoms with Crippen molar-refractivity contribution in [2.75, 3.05) is 5.32 Å². The molecule has 0 saturated heterocycles. The summed E-state index contributed by atoms with van der Waals surface area (Å²) in [4.78, 5) is 34.8. The zero-order valence-electron chi connectivity index (χ0n) is 17.4. The number of nitrogens with zero attached hydrogens (tertiary/aromatic N) is 4. The molecular formula is C24H22ClN5O2. The second-order valence-corrected chi connectivity index (χ2v) is 8.36. The van der Waals surface area contributed by atoms with Gasteiger partial charge in [0.25, 0.3) is 11.5 Å². The summed E-state index contributed by atoms with van der Waals surface area (Å²) in [5.74, 6) is 0.910. The fourth-order valence-corrected chi connectivity index (χ4v) is 4.30. The highest BCUT2D eigenvalue weighted by Gasteiger charge is 2.16. The number of imidazole rings is 1. The topological polar surface area (TPSA) is 81.8 Å². The number of carbonyl (C=O) groups excluding carboxylic acids is 1. The largest absolute Gasteiger partial charge is 0.313 e. The molecule has 0 radical (unpaired) electrons. The number of aryl methyl sites for hydroxylation is 1. The zero-order chi connectivity index (χ0) is 22.1. The van der Waals surface area contributed by atoms with E-state index in [0.717, 1.165) is 37.1 Å². The van der Waals surface area contributed by atoms with Crippen molar-refractivity contribution in [1.29, 1.82) is 0 Å². The standard InChI is InChI=1S/C24H22ClN5O2/c25-19-7-4-3-6-17(19)15-29-13-11-26-24(29)28-22(31)16-9-10-18-20(14-16)27-21-8-2-1-5-12-30(21)23(18)32/h3-4,6-7,9-11,13-14H,1-2,5,8,12,15H2,(H,26,28,31). The van der Waals surface area contributed by atoms with Crippen LogP contribution >= 0.6 is 11.6 Å². The lowest BCUT2D eigenvalue weighted by atomic mass is 10.1. The number of fused-ring (bicyclic) bond motifs is 2. The first kappa shape index (κ1) is 20.5. The highest BCUT2D eigenvalue weighted by atomic mass is 35.5. The van der Waals surface area contributed by atoms with Gasteiger partial charge in [0.1, 0.15) is 5.82 Å². The maximum absolute atomic E-state index is 13.0. The van der Waals surface area contributed by atoms with Gasteiger partial charge in [-0.15, -0.1) is 0 Å². The molecule has 1 N–H and O–H groups in total. The van der Waals surface area contributed by atoms with Crippen LogP contribution in [0, 0.1) is 0 Å². The molecule has 162 valence electrons. The molecule has 32 heavy (non-hydrogen) atoms. The molecule has 2 aromatic carbocycles. The predicted octanol–water partition coefficient (Wildman–Crippen LogP) is 4.27. The lowest BCUT2D eigenvalue weighted by molar-refractivity contribution is 0.102. The van der Waals surface area contributed by atoms with E-state index in [9.17, 15) is 9.59 Å². The predicted molar refractivity (Wildman–Crippen MR) is 124 cm³/mol. The Balaban J connectivity index is 1.42. The van der Waals surface area contributed by atoms with E-state index in [-0.39, 0.29) is 11.5 Å². The highest BCUT2D eigenvalue weighted by molar-refractivity contribution is 6.31. The van der Waals surface area contributed by atoms with Gasteiger partial charge in [-0.3, -0.25) is 19.5 Å². The minimum Gasteiger partial charge on any atom is -0.313 e. The number of carbonyl (C=O) groups is 1. The average Bonchev–Trinajstić information content (AvgIpc) is 3.08. The second kappa shape index (κ2) is 8.59. The van der Waals surface area contributed by atoms with Crippen LogP contribution in [-0.4, -0.2) is 25.0 Å². The molecule has 0 saturated carbocycles. The van der Waals surface area contributed by atoms with Gasteiger partial charge < -0.3 is 4.57 Å². The molecule has 4 aromatic rings. The summed E-state index contributed by atoms with van der Waals surface area (Å²) in [6, 6.07) is 12.6. The van der Waals surface area contributed by atoms with Crippen LogP contribution in [0.5, 0.6) is 0 Å². The monoisotopic (exact) mass is 447 g/mol.